The maximum Gasteiger partial charge on any atom is 0.0424 e. The summed E-state index contributed by atoms with van der Waals surface area (Å²) in [5.41, 5.74) is 1.15. The minimum Gasteiger partial charge on any atom is -0.310 e. The fourth-order valence-electron chi connectivity index (χ4n) is 1.75. The first-order valence-electron chi connectivity index (χ1n) is 5.33. The molecule has 15 heavy (non-hydrogen) atoms. The van der Waals surface area contributed by atoms with Crippen molar-refractivity contribution in [2.45, 2.75) is 32.4 Å². The molecule has 1 atom stereocenters. The molecular formula is C12H15Cl2N. The molecule has 0 radical (unpaired) electrons. The minimum atomic E-state index is 0.600. The Labute approximate surface area is 101 Å². The Morgan fingerprint density at radius 3 is 2.40 bits per heavy atom. The Morgan fingerprint density at radius 2 is 1.87 bits per heavy atom. The Morgan fingerprint density at radius 1 is 1.27 bits per heavy atom. The van der Waals surface area contributed by atoms with Gasteiger partial charge in [-0.1, -0.05) is 23.2 Å². The van der Waals surface area contributed by atoms with Crippen LogP contribution in [-0.2, 0) is 6.54 Å². The number of halogens is 2. The molecule has 82 valence electrons. The molecule has 0 heterocycles. The quantitative estimate of drug-likeness (QED) is 0.847. The fourth-order valence-corrected chi connectivity index (χ4v) is 2.33. The molecule has 1 unspecified atom stereocenters. The molecule has 0 amide bonds. The predicted molar refractivity (Wildman–Crippen MR) is 65.5 cm³/mol. The summed E-state index contributed by atoms with van der Waals surface area (Å²) < 4.78 is 0. The van der Waals surface area contributed by atoms with Gasteiger partial charge in [-0.25, -0.2) is 0 Å². The van der Waals surface area contributed by atoms with Crippen LogP contribution in [0.2, 0.25) is 10.0 Å². The number of hydrogen-bond acceptors (Lipinski definition) is 1. The van der Waals surface area contributed by atoms with Gasteiger partial charge in [0.05, 0.1) is 0 Å². The van der Waals surface area contributed by atoms with E-state index in [0.29, 0.717) is 16.1 Å². The van der Waals surface area contributed by atoms with Crippen molar-refractivity contribution in [3.63, 3.8) is 0 Å². The van der Waals surface area contributed by atoms with Crippen LogP contribution in [-0.4, -0.2) is 6.04 Å². The Kier molecular flexibility index (Phi) is 3.55. The number of nitrogens with one attached hydrogen (secondary N) is 1. The van der Waals surface area contributed by atoms with Crippen LogP contribution >= 0.6 is 23.2 Å². The summed E-state index contributed by atoms with van der Waals surface area (Å²) in [5, 5.41) is 4.91. The first-order valence-corrected chi connectivity index (χ1v) is 6.09. The average molecular weight is 244 g/mol. The number of hydrogen-bond donors (Lipinski definition) is 1. The van der Waals surface area contributed by atoms with E-state index in [1.165, 1.54) is 12.8 Å². The minimum absolute atomic E-state index is 0.600. The van der Waals surface area contributed by atoms with Crippen LogP contribution < -0.4 is 5.32 Å². The Bertz CT molecular complexity index is 327. The highest BCUT2D eigenvalue weighted by atomic mass is 35.5. The van der Waals surface area contributed by atoms with Crippen molar-refractivity contribution in [2.24, 2.45) is 5.92 Å². The van der Waals surface area contributed by atoms with Gasteiger partial charge in [-0.05, 0) is 49.4 Å². The topological polar surface area (TPSA) is 12.0 Å². The molecule has 2 rings (SSSR count). The highest BCUT2D eigenvalue weighted by Crippen LogP contribution is 2.32. The summed E-state index contributed by atoms with van der Waals surface area (Å²) >= 11 is 11.9. The standard InChI is InChI=1S/C12H15Cl2N/c1-8(10-2-3-10)15-7-9-4-11(13)6-12(14)5-9/h4-6,8,10,15H,2-3,7H2,1H3. The van der Waals surface area contributed by atoms with Gasteiger partial charge >= 0.3 is 0 Å². The molecule has 0 saturated heterocycles. The SMILES string of the molecule is CC(NCc1cc(Cl)cc(Cl)c1)C1CC1. The normalized spacial score (nSPS) is 17.8. The third-order valence-electron chi connectivity index (χ3n) is 2.88. The van der Waals surface area contributed by atoms with Gasteiger partial charge in [-0.15, -0.1) is 0 Å². The highest BCUT2D eigenvalue weighted by molar-refractivity contribution is 6.34. The van der Waals surface area contributed by atoms with E-state index in [1.807, 2.05) is 12.1 Å². The van der Waals surface area contributed by atoms with E-state index in [9.17, 15) is 0 Å². The van der Waals surface area contributed by atoms with E-state index < -0.39 is 0 Å². The maximum atomic E-state index is 5.93. The maximum absolute atomic E-state index is 5.93. The van der Waals surface area contributed by atoms with Crippen LogP contribution in [0.1, 0.15) is 25.3 Å². The molecule has 3 heteroatoms. The second kappa shape index (κ2) is 4.73. The van der Waals surface area contributed by atoms with E-state index in [2.05, 4.69) is 12.2 Å². The molecule has 1 aliphatic carbocycles. The van der Waals surface area contributed by atoms with Gasteiger partial charge in [-0.2, -0.15) is 0 Å². The zero-order valence-corrected chi connectivity index (χ0v) is 10.3. The molecule has 1 aromatic rings. The average Bonchev–Trinajstić information content (AvgIpc) is 2.95. The largest absolute Gasteiger partial charge is 0.310 e. The zero-order chi connectivity index (χ0) is 10.8. The second-order valence-corrected chi connectivity index (χ2v) is 5.16. The molecule has 0 bridgehead atoms. The molecule has 1 N–H and O–H groups in total. The zero-order valence-electron chi connectivity index (χ0n) is 8.76. The smallest absolute Gasteiger partial charge is 0.0424 e. The van der Waals surface area contributed by atoms with Crippen LogP contribution in [0, 0.1) is 5.92 Å². The molecular weight excluding hydrogens is 229 g/mol. The Hall–Kier alpha value is -0.240. The summed E-state index contributed by atoms with van der Waals surface area (Å²) in [6, 6.07) is 6.28. The summed E-state index contributed by atoms with van der Waals surface area (Å²) in [5.74, 6) is 0.875. The lowest BCUT2D eigenvalue weighted by atomic mass is 10.2. The van der Waals surface area contributed by atoms with Gasteiger partial charge in [-0.3, -0.25) is 0 Å². The van der Waals surface area contributed by atoms with Crippen molar-refractivity contribution in [3.05, 3.63) is 33.8 Å². The van der Waals surface area contributed by atoms with E-state index in [0.717, 1.165) is 18.0 Å². The van der Waals surface area contributed by atoms with Crippen molar-refractivity contribution >= 4 is 23.2 Å². The van der Waals surface area contributed by atoms with E-state index >= 15 is 0 Å². The molecule has 0 spiro atoms. The lowest BCUT2D eigenvalue weighted by Crippen LogP contribution is -2.27. The highest BCUT2D eigenvalue weighted by Gasteiger charge is 2.27. The van der Waals surface area contributed by atoms with Crippen LogP contribution in [0.5, 0.6) is 0 Å². The van der Waals surface area contributed by atoms with Crippen molar-refractivity contribution in [2.75, 3.05) is 0 Å². The molecule has 1 nitrogen and oxygen atoms in total. The van der Waals surface area contributed by atoms with E-state index in [-0.39, 0.29) is 0 Å². The number of benzene rings is 1. The second-order valence-electron chi connectivity index (χ2n) is 4.28. The van der Waals surface area contributed by atoms with Crippen molar-refractivity contribution in [1.82, 2.24) is 5.32 Å². The van der Waals surface area contributed by atoms with Crippen molar-refractivity contribution in [1.29, 1.82) is 0 Å². The van der Waals surface area contributed by atoms with Crippen molar-refractivity contribution in [3.8, 4) is 0 Å². The Balaban J connectivity index is 1.91. The van der Waals surface area contributed by atoms with Crippen molar-refractivity contribution < 1.29 is 0 Å². The molecule has 1 aliphatic rings. The van der Waals surface area contributed by atoms with Gasteiger partial charge in [0.2, 0.25) is 0 Å². The molecule has 1 saturated carbocycles. The van der Waals surface area contributed by atoms with Crippen LogP contribution in [0.4, 0.5) is 0 Å². The van der Waals surface area contributed by atoms with Crippen LogP contribution in [0.3, 0.4) is 0 Å². The third-order valence-corrected chi connectivity index (χ3v) is 3.32. The van der Waals surface area contributed by atoms with Gasteiger partial charge < -0.3 is 5.32 Å². The van der Waals surface area contributed by atoms with Gasteiger partial charge in [0.25, 0.3) is 0 Å². The van der Waals surface area contributed by atoms with E-state index in [1.54, 1.807) is 6.07 Å². The molecule has 0 aliphatic heterocycles. The molecule has 1 fully saturated rings. The van der Waals surface area contributed by atoms with E-state index in [4.69, 9.17) is 23.2 Å². The molecule has 1 aromatic carbocycles. The van der Waals surface area contributed by atoms with Gasteiger partial charge in [0, 0.05) is 22.6 Å². The molecule has 0 aromatic heterocycles. The number of rotatable bonds is 4. The summed E-state index contributed by atoms with van der Waals surface area (Å²) in [7, 11) is 0. The van der Waals surface area contributed by atoms with Gasteiger partial charge in [0.1, 0.15) is 0 Å². The summed E-state index contributed by atoms with van der Waals surface area (Å²) in [6.45, 7) is 3.09. The fraction of sp³-hybridized carbons (Fsp3) is 0.500. The lowest BCUT2D eigenvalue weighted by Gasteiger charge is -2.12. The first kappa shape index (κ1) is 11.3. The monoisotopic (exact) mass is 243 g/mol. The lowest BCUT2D eigenvalue weighted by molar-refractivity contribution is 0.496. The first-order chi connectivity index (χ1) is 7.15. The van der Waals surface area contributed by atoms with Crippen LogP contribution in [0.15, 0.2) is 18.2 Å². The van der Waals surface area contributed by atoms with Gasteiger partial charge in [0.15, 0.2) is 0 Å². The third kappa shape index (κ3) is 3.37. The summed E-state index contributed by atoms with van der Waals surface area (Å²) in [4.78, 5) is 0. The summed E-state index contributed by atoms with van der Waals surface area (Å²) in [6.07, 6.45) is 2.73. The van der Waals surface area contributed by atoms with Crippen LogP contribution in [0.25, 0.3) is 0 Å². The predicted octanol–water partition coefficient (Wildman–Crippen LogP) is 3.88.